The van der Waals surface area contributed by atoms with Crippen molar-refractivity contribution in [2.24, 2.45) is 0 Å². The lowest BCUT2D eigenvalue weighted by Gasteiger charge is -2.09. The normalized spacial score (nSPS) is 15.5. The summed E-state index contributed by atoms with van der Waals surface area (Å²) >= 11 is 0. The van der Waals surface area contributed by atoms with E-state index in [0.29, 0.717) is 13.0 Å². The first kappa shape index (κ1) is 7.85. The molecule has 0 bridgehead atoms. The van der Waals surface area contributed by atoms with E-state index in [1.54, 1.807) is 6.08 Å². The zero-order valence-corrected chi connectivity index (χ0v) is 6.12. The minimum Gasteiger partial charge on any atom is -0.494 e. The topological polar surface area (TPSA) is 46.5 Å². The Morgan fingerprint density at radius 3 is 3.09 bits per heavy atom. The molecular weight excluding hydrogens is 144 g/mol. The Bertz CT molecular complexity index is 203. The molecule has 0 atom stereocenters. The van der Waals surface area contributed by atoms with E-state index in [1.807, 2.05) is 12.2 Å². The van der Waals surface area contributed by atoms with Crippen molar-refractivity contribution in [1.29, 1.82) is 0 Å². The van der Waals surface area contributed by atoms with Crippen LogP contribution < -0.4 is 0 Å². The van der Waals surface area contributed by atoms with Crippen molar-refractivity contribution in [2.45, 2.75) is 12.8 Å². The van der Waals surface area contributed by atoms with Crippen LogP contribution in [0.15, 0.2) is 24.0 Å². The third-order valence-electron chi connectivity index (χ3n) is 1.37. The van der Waals surface area contributed by atoms with Crippen LogP contribution in [0, 0.1) is 0 Å². The summed E-state index contributed by atoms with van der Waals surface area (Å²) in [6.45, 7) is 0.561. The number of rotatable bonds is 3. The second-order valence-electron chi connectivity index (χ2n) is 2.27. The highest BCUT2D eigenvalue weighted by Crippen LogP contribution is 2.10. The molecule has 0 spiro atoms. The van der Waals surface area contributed by atoms with E-state index in [4.69, 9.17) is 9.84 Å². The molecule has 0 fully saturated rings. The quantitative estimate of drug-likeness (QED) is 0.666. The lowest BCUT2D eigenvalue weighted by Crippen LogP contribution is -2.00. The molecule has 0 aliphatic carbocycles. The van der Waals surface area contributed by atoms with Crippen molar-refractivity contribution in [3.05, 3.63) is 24.0 Å². The molecule has 0 amide bonds. The Kier molecular flexibility index (Phi) is 2.72. The molecule has 1 heterocycles. The first-order valence-electron chi connectivity index (χ1n) is 3.49. The Hall–Kier alpha value is -1.25. The molecule has 60 valence electrons. The summed E-state index contributed by atoms with van der Waals surface area (Å²) in [6.07, 6.45) is 6.18. The molecule has 0 aromatic carbocycles. The van der Waals surface area contributed by atoms with Gasteiger partial charge in [0, 0.05) is 6.42 Å². The number of allylic oxidation sites excluding steroid dienone is 3. The average Bonchev–Trinajstić information content (AvgIpc) is 2.03. The summed E-state index contributed by atoms with van der Waals surface area (Å²) in [5.74, 6) is -0.0287. The second-order valence-corrected chi connectivity index (χ2v) is 2.27. The number of hydrogen-bond acceptors (Lipinski definition) is 2. The summed E-state index contributed by atoms with van der Waals surface area (Å²) in [5, 5.41) is 8.34. The van der Waals surface area contributed by atoms with Gasteiger partial charge in [-0.3, -0.25) is 4.79 Å². The van der Waals surface area contributed by atoms with Crippen LogP contribution in [0.25, 0.3) is 0 Å². The van der Waals surface area contributed by atoms with Crippen LogP contribution in [0.5, 0.6) is 0 Å². The van der Waals surface area contributed by atoms with Crippen molar-refractivity contribution in [3.8, 4) is 0 Å². The van der Waals surface area contributed by atoms with Gasteiger partial charge in [-0.15, -0.1) is 0 Å². The van der Waals surface area contributed by atoms with E-state index in [-0.39, 0.29) is 6.42 Å². The van der Waals surface area contributed by atoms with Crippen LogP contribution in [0.4, 0.5) is 0 Å². The predicted octanol–water partition coefficient (Wildman–Crippen LogP) is 1.32. The number of hydrogen-bond donors (Lipinski definition) is 1. The fraction of sp³-hybridized carbons (Fsp3) is 0.375. The highest BCUT2D eigenvalue weighted by atomic mass is 16.5. The van der Waals surface area contributed by atoms with E-state index < -0.39 is 5.97 Å². The standard InChI is InChI=1S/C8H10O3/c9-8(10)5-4-7-3-1-2-6-11-7/h1-3H,4-6H2,(H,9,10). The Morgan fingerprint density at radius 2 is 2.55 bits per heavy atom. The van der Waals surface area contributed by atoms with Crippen molar-refractivity contribution in [2.75, 3.05) is 6.61 Å². The predicted molar refractivity (Wildman–Crippen MR) is 40.0 cm³/mol. The number of carboxylic acid groups (broad SMARTS) is 1. The Labute approximate surface area is 65.0 Å². The number of ether oxygens (including phenoxy) is 1. The highest BCUT2D eigenvalue weighted by molar-refractivity contribution is 5.66. The highest BCUT2D eigenvalue weighted by Gasteiger charge is 2.03. The SMILES string of the molecule is O=C(O)CCC1=CC=CCO1. The summed E-state index contributed by atoms with van der Waals surface area (Å²) < 4.78 is 5.14. The number of aliphatic carboxylic acids is 1. The molecule has 0 radical (unpaired) electrons. The summed E-state index contributed by atoms with van der Waals surface area (Å²) in [5.41, 5.74) is 0. The van der Waals surface area contributed by atoms with Crippen LogP contribution in [0.2, 0.25) is 0 Å². The molecule has 0 unspecified atom stereocenters. The van der Waals surface area contributed by atoms with Gasteiger partial charge < -0.3 is 9.84 Å². The van der Waals surface area contributed by atoms with Crippen molar-refractivity contribution < 1.29 is 14.6 Å². The Balaban J connectivity index is 2.31. The van der Waals surface area contributed by atoms with Crippen LogP contribution in [-0.4, -0.2) is 17.7 Å². The second kappa shape index (κ2) is 3.81. The van der Waals surface area contributed by atoms with Crippen LogP contribution >= 0.6 is 0 Å². The van der Waals surface area contributed by atoms with Crippen molar-refractivity contribution in [1.82, 2.24) is 0 Å². The monoisotopic (exact) mass is 154 g/mol. The van der Waals surface area contributed by atoms with Gasteiger partial charge in [-0.2, -0.15) is 0 Å². The lowest BCUT2D eigenvalue weighted by atomic mass is 10.2. The molecule has 0 saturated carbocycles. The van der Waals surface area contributed by atoms with E-state index in [2.05, 4.69) is 0 Å². The smallest absolute Gasteiger partial charge is 0.303 e. The molecule has 0 aromatic rings. The summed E-state index contributed by atoms with van der Waals surface area (Å²) in [7, 11) is 0. The van der Waals surface area contributed by atoms with Crippen LogP contribution in [0.3, 0.4) is 0 Å². The molecule has 1 N–H and O–H groups in total. The fourth-order valence-corrected chi connectivity index (χ4v) is 0.820. The van der Waals surface area contributed by atoms with Crippen LogP contribution in [-0.2, 0) is 9.53 Å². The van der Waals surface area contributed by atoms with Gasteiger partial charge in [-0.1, -0.05) is 6.08 Å². The molecule has 1 aliphatic heterocycles. The maximum Gasteiger partial charge on any atom is 0.303 e. The zero-order chi connectivity index (χ0) is 8.10. The van der Waals surface area contributed by atoms with Crippen LogP contribution in [0.1, 0.15) is 12.8 Å². The maximum atomic E-state index is 10.1. The fourth-order valence-electron chi connectivity index (χ4n) is 0.820. The van der Waals surface area contributed by atoms with Gasteiger partial charge in [0.15, 0.2) is 0 Å². The third-order valence-corrected chi connectivity index (χ3v) is 1.37. The maximum absolute atomic E-state index is 10.1. The molecule has 3 nitrogen and oxygen atoms in total. The van der Waals surface area contributed by atoms with E-state index >= 15 is 0 Å². The van der Waals surface area contributed by atoms with Gasteiger partial charge in [0.05, 0.1) is 12.2 Å². The molecule has 1 aliphatic rings. The molecule has 0 aromatic heterocycles. The van der Waals surface area contributed by atoms with E-state index in [1.165, 1.54) is 0 Å². The minimum atomic E-state index is -0.788. The molecule has 1 rings (SSSR count). The average molecular weight is 154 g/mol. The van der Waals surface area contributed by atoms with Gasteiger partial charge in [-0.25, -0.2) is 0 Å². The summed E-state index contributed by atoms with van der Waals surface area (Å²) in [6, 6.07) is 0. The Morgan fingerprint density at radius 1 is 1.73 bits per heavy atom. The van der Waals surface area contributed by atoms with Gasteiger partial charge in [0.2, 0.25) is 0 Å². The largest absolute Gasteiger partial charge is 0.494 e. The van der Waals surface area contributed by atoms with Gasteiger partial charge in [0.25, 0.3) is 0 Å². The number of carbonyl (C=O) groups is 1. The van der Waals surface area contributed by atoms with Crippen molar-refractivity contribution >= 4 is 5.97 Å². The van der Waals surface area contributed by atoms with E-state index in [0.717, 1.165) is 5.76 Å². The molecule has 3 heteroatoms. The first-order chi connectivity index (χ1) is 5.29. The zero-order valence-electron chi connectivity index (χ0n) is 6.12. The first-order valence-corrected chi connectivity index (χ1v) is 3.49. The molecular formula is C8H10O3. The van der Waals surface area contributed by atoms with Crippen molar-refractivity contribution in [3.63, 3.8) is 0 Å². The molecule has 11 heavy (non-hydrogen) atoms. The molecule has 0 saturated heterocycles. The lowest BCUT2D eigenvalue weighted by molar-refractivity contribution is -0.137. The number of carboxylic acids is 1. The van der Waals surface area contributed by atoms with Gasteiger partial charge in [-0.05, 0) is 12.2 Å². The minimum absolute atomic E-state index is 0.139. The van der Waals surface area contributed by atoms with Gasteiger partial charge in [0.1, 0.15) is 6.61 Å². The van der Waals surface area contributed by atoms with E-state index in [9.17, 15) is 4.79 Å². The third kappa shape index (κ3) is 2.89. The summed E-state index contributed by atoms with van der Waals surface area (Å²) in [4.78, 5) is 10.1. The van der Waals surface area contributed by atoms with Gasteiger partial charge >= 0.3 is 5.97 Å².